The molecule has 0 fully saturated rings. The smallest absolute Gasteiger partial charge is 0.259 e. The lowest BCUT2D eigenvalue weighted by Gasteiger charge is -2.11. The van der Waals surface area contributed by atoms with Gasteiger partial charge in [0.15, 0.2) is 6.61 Å². The number of ether oxygens (including phenoxy) is 1. The normalized spacial score (nSPS) is 11.1. The maximum atomic E-state index is 11.3. The summed E-state index contributed by atoms with van der Waals surface area (Å²) < 4.78 is 5.33. The number of rotatable bonds is 4. The number of carbonyl (C=O) groups excluding carboxylic acids is 1. The molecule has 0 heterocycles. The molecule has 1 rings (SSSR count). The zero-order valence-corrected chi connectivity index (χ0v) is 10.8. The molecule has 0 aliphatic carbocycles. The van der Waals surface area contributed by atoms with Crippen LogP contribution in [0.3, 0.4) is 0 Å². The topological polar surface area (TPSA) is 55.6 Å². The van der Waals surface area contributed by atoms with Crippen molar-refractivity contribution in [1.29, 1.82) is 0 Å². The molecule has 0 aromatic heterocycles. The van der Waals surface area contributed by atoms with Crippen molar-refractivity contribution in [3.8, 4) is 5.75 Å². The molecule has 0 radical (unpaired) electrons. The summed E-state index contributed by atoms with van der Waals surface area (Å²) in [6.07, 6.45) is 1.43. The van der Waals surface area contributed by atoms with E-state index in [0.717, 1.165) is 5.56 Å². The minimum absolute atomic E-state index is 0.0345. The molecule has 0 saturated carbocycles. The Kier molecular flexibility index (Phi) is 4.90. The number of nitrogens with zero attached hydrogens (tertiary/aromatic N) is 1. The van der Waals surface area contributed by atoms with E-state index in [0.29, 0.717) is 10.7 Å². The SMILES string of the molecule is CN(C)C(=O)COc1ccc(/C(S)=C/N)cc1. The highest BCUT2D eigenvalue weighted by Gasteiger charge is 2.04. The van der Waals surface area contributed by atoms with Crippen molar-refractivity contribution in [2.75, 3.05) is 20.7 Å². The summed E-state index contributed by atoms with van der Waals surface area (Å²) in [4.78, 5) is 13.5. The van der Waals surface area contributed by atoms with Gasteiger partial charge < -0.3 is 15.4 Å². The Hall–Kier alpha value is -1.62. The Morgan fingerprint density at radius 3 is 2.47 bits per heavy atom. The molecular weight excluding hydrogens is 236 g/mol. The average molecular weight is 252 g/mol. The summed E-state index contributed by atoms with van der Waals surface area (Å²) in [5.41, 5.74) is 6.26. The molecule has 1 aromatic carbocycles. The molecule has 17 heavy (non-hydrogen) atoms. The number of benzene rings is 1. The van der Waals surface area contributed by atoms with Gasteiger partial charge in [-0.3, -0.25) is 4.79 Å². The van der Waals surface area contributed by atoms with Crippen LogP contribution >= 0.6 is 12.6 Å². The first kappa shape index (κ1) is 13.4. The summed E-state index contributed by atoms with van der Waals surface area (Å²) >= 11 is 4.20. The van der Waals surface area contributed by atoms with E-state index >= 15 is 0 Å². The van der Waals surface area contributed by atoms with E-state index < -0.39 is 0 Å². The average Bonchev–Trinajstić information content (AvgIpc) is 2.35. The van der Waals surface area contributed by atoms with Crippen molar-refractivity contribution >= 4 is 23.4 Å². The van der Waals surface area contributed by atoms with Gasteiger partial charge in [-0.15, -0.1) is 12.6 Å². The van der Waals surface area contributed by atoms with Crippen molar-refractivity contribution in [2.45, 2.75) is 0 Å². The van der Waals surface area contributed by atoms with Crippen LogP contribution in [0.5, 0.6) is 5.75 Å². The van der Waals surface area contributed by atoms with Gasteiger partial charge in [-0.1, -0.05) is 12.1 Å². The lowest BCUT2D eigenvalue weighted by molar-refractivity contribution is -0.130. The lowest BCUT2D eigenvalue weighted by Crippen LogP contribution is -2.27. The van der Waals surface area contributed by atoms with Crippen LogP contribution in [0.1, 0.15) is 5.56 Å². The first-order valence-electron chi connectivity index (χ1n) is 5.09. The summed E-state index contributed by atoms with van der Waals surface area (Å²) in [6.45, 7) is 0.0345. The van der Waals surface area contributed by atoms with Gasteiger partial charge in [0.25, 0.3) is 5.91 Å². The zero-order chi connectivity index (χ0) is 12.8. The minimum atomic E-state index is -0.0779. The number of thiol groups is 1. The maximum Gasteiger partial charge on any atom is 0.259 e. The van der Waals surface area contributed by atoms with Gasteiger partial charge in [0.1, 0.15) is 5.75 Å². The third kappa shape index (κ3) is 4.03. The molecule has 0 bridgehead atoms. The molecule has 1 aromatic rings. The molecular formula is C12H16N2O2S. The van der Waals surface area contributed by atoms with Crippen LogP contribution in [0.2, 0.25) is 0 Å². The molecule has 2 N–H and O–H groups in total. The van der Waals surface area contributed by atoms with Gasteiger partial charge in [-0.05, 0) is 17.7 Å². The van der Waals surface area contributed by atoms with Crippen LogP contribution in [-0.4, -0.2) is 31.5 Å². The van der Waals surface area contributed by atoms with Gasteiger partial charge in [-0.2, -0.15) is 0 Å². The Labute approximate surface area is 106 Å². The van der Waals surface area contributed by atoms with E-state index in [2.05, 4.69) is 12.6 Å². The van der Waals surface area contributed by atoms with Gasteiger partial charge in [-0.25, -0.2) is 0 Å². The Bertz CT molecular complexity index is 413. The minimum Gasteiger partial charge on any atom is -0.484 e. The number of nitrogens with two attached hydrogens (primary N) is 1. The highest BCUT2D eigenvalue weighted by Crippen LogP contribution is 2.20. The van der Waals surface area contributed by atoms with Crippen molar-refractivity contribution in [3.05, 3.63) is 36.0 Å². The number of likely N-dealkylation sites (N-methyl/N-ethyl adjacent to an activating group) is 1. The Balaban J connectivity index is 2.60. The molecule has 1 amide bonds. The second-order valence-corrected chi connectivity index (χ2v) is 4.13. The Morgan fingerprint density at radius 2 is 2.00 bits per heavy atom. The highest BCUT2D eigenvalue weighted by atomic mass is 32.1. The highest BCUT2D eigenvalue weighted by molar-refractivity contribution is 7.90. The molecule has 0 spiro atoms. The predicted octanol–water partition coefficient (Wildman–Crippen LogP) is 1.34. The van der Waals surface area contributed by atoms with E-state index in [4.69, 9.17) is 10.5 Å². The Morgan fingerprint density at radius 1 is 1.41 bits per heavy atom. The van der Waals surface area contributed by atoms with Gasteiger partial charge >= 0.3 is 0 Å². The molecule has 0 atom stereocenters. The summed E-state index contributed by atoms with van der Waals surface area (Å²) in [7, 11) is 3.38. The fourth-order valence-corrected chi connectivity index (χ4v) is 1.24. The summed E-state index contributed by atoms with van der Waals surface area (Å²) in [5, 5.41) is 0. The van der Waals surface area contributed by atoms with Crippen LogP contribution in [-0.2, 0) is 4.79 Å². The van der Waals surface area contributed by atoms with E-state index in [1.165, 1.54) is 11.1 Å². The molecule has 0 aliphatic heterocycles. The lowest BCUT2D eigenvalue weighted by atomic mass is 10.2. The molecule has 5 heteroatoms. The first-order valence-corrected chi connectivity index (χ1v) is 5.53. The van der Waals surface area contributed by atoms with Crippen molar-refractivity contribution < 1.29 is 9.53 Å². The largest absolute Gasteiger partial charge is 0.484 e. The molecule has 4 nitrogen and oxygen atoms in total. The third-order valence-corrected chi connectivity index (χ3v) is 2.58. The van der Waals surface area contributed by atoms with E-state index in [-0.39, 0.29) is 12.5 Å². The van der Waals surface area contributed by atoms with Crippen LogP contribution in [0.25, 0.3) is 4.91 Å². The maximum absolute atomic E-state index is 11.3. The van der Waals surface area contributed by atoms with Gasteiger partial charge in [0, 0.05) is 25.2 Å². The first-order chi connectivity index (χ1) is 8.04. The fraction of sp³-hybridized carbons (Fsp3) is 0.250. The fourth-order valence-electron chi connectivity index (χ4n) is 1.09. The van der Waals surface area contributed by atoms with Gasteiger partial charge in [0.05, 0.1) is 0 Å². The number of hydrogen-bond donors (Lipinski definition) is 2. The summed E-state index contributed by atoms with van der Waals surface area (Å²) in [5.74, 6) is 0.563. The molecule has 92 valence electrons. The predicted molar refractivity (Wildman–Crippen MR) is 71.8 cm³/mol. The molecule has 0 unspecified atom stereocenters. The van der Waals surface area contributed by atoms with Crippen LogP contribution in [0, 0.1) is 0 Å². The zero-order valence-electron chi connectivity index (χ0n) is 9.88. The van der Waals surface area contributed by atoms with Crippen LogP contribution < -0.4 is 10.5 Å². The van der Waals surface area contributed by atoms with Crippen molar-refractivity contribution in [2.24, 2.45) is 5.73 Å². The quantitative estimate of drug-likeness (QED) is 0.795. The number of hydrogen-bond acceptors (Lipinski definition) is 4. The number of carbonyl (C=O) groups is 1. The molecule has 0 aliphatic rings. The van der Waals surface area contributed by atoms with E-state index in [9.17, 15) is 4.79 Å². The van der Waals surface area contributed by atoms with Crippen LogP contribution in [0.4, 0.5) is 0 Å². The number of amides is 1. The third-order valence-electron chi connectivity index (χ3n) is 2.17. The van der Waals surface area contributed by atoms with Crippen molar-refractivity contribution in [1.82, 2.24) is 4.90 Å². The van der Waals surface area contributed by atoms with E-state index in [1.54, 1.807) is 26.2 Å². The van der Waals surface area contributed by atoms with Crippen LogP contribution in [0.15, 0.2) is 30.5 Å². The van der Waals surface area contributed by atoms with E-state index in [1.807, 2.05) is 12.1 Å². The van der Waals surface area contributed by atoms with Crippen molar-refractivity contribution in [3.63, 3.8) is 0 Å². The second kappa shape index (κ2) is 6.20. The molecule has 0 saturated heterocycles. The second-order valence-electron chi connectivity index (χ2n) is 3.65. The summed E-state index contributed by atoms with van der Waals surface area (Å²) in [6, 6.07) is 7.22. The monoisotopic (exact) mass is 252 g/mol. The standard InChI is InChI=1S/C12H16N2O2S/c1-14(2)12(15)8-16-10-5-3-9(4-6-10)11(17)7-13/h3-7,17H,8,13H2,1-2H3/b11-7-. The van der Waals surface area contributed by atoms with Gasteiger partial charge in [0.2, 0.25) is 0 Å².